The monoisotopic (exact) mass is 680 g/mol. The molecule has 53 heavy (non-hydrogen) atoms. The van der Waals surface area contributed by atoms with Crippen molar-refractivity contribution in [1.82, 2.24) is 0 Å². The summed E-state index contributed by atoms with van der Waals surface area (Å²) in [5, 5.41) is 7.59. The predicted molar refractivity (Wildman–Crippen MR) is 224 cm³/mol. The lowest BCUT2D eigenvalue weighted by molar-refractivity contribution is 0.487. The van der Waals surface area contributed by atoms with Crippen molar-refractivity contribution in [2.45, 2.75) is 0 Å². The van der Waals surface area contributed by atoms with Crippen molar-refractivity contribution in [2.75, 3.05) is 0 Å². The van der Waals surface area contributed by atoms with Crippen LogP contribution in [0.3, 0.4) is 0 Å². The van der Waals surface area contributed by atoms with Crippen LogP contribution in [0.5, 0.6) is 11.5 Å². The zero-order chi connectivity index (χ0) is 41.8. The van der Waals surface area contributed by atoms with Gasteiger partial charge in [0.1, 0.15) is 11.5 Å². The molecule has 1 heteroatoms. The van der Waals surface area contributed by atoms with Gasteiger partial charge in [0.25, 0.3) is 0 Å². The molecule has 1 heterocycles. The van der Waals surface area contributed by atoms with E-state index in [1.165, 1.54) is 0 Å². The Morgan fingerprint density at radius 2 is 1.09 bits per heavy atom. The summed E-state index contributed by atoms with van der Waals surface area (Å²) in [6.07, 6.45) is 0. The molecule has 1 nitrogen and oxygen atoms in total. The van der Waals surface area contributed by atoms with Crippen LogP contribution in [0.15, 0.2) is 194 Å². The van der Waals surface area contributed by atoms with E-state index in [-0.39, 0.29) is 35.8 Å². The summed E-state index contributed by atoms with van der Waals surface area (Å²) in [5.41, 5.74) is 5.58. The zero-order valence-corrected chi connectivity index (χ0v) is 28.3. The van der Waals surface area contributed by atoms with Gasteiger partial charge in [-0.05, 0) is 130 Å². The van der Waals surface area contributed by atoms with Gasteiger partial charge in [0, 0.05) is 10.9 Å². The Morgan fingerprint density at radius 1 is 0.358 bits per heavy atom. The minimum atomic E-state index is -0.449. The second kappa shape index (κ2) is 11.8. The molecule has 0 aliphatic carbocycles. The Bertz CT molecular complexity index is 3520. The molecule has 0 N–H and O–H groups in total. The third-order valence-corrected chi connectivity index (χ3v) is 10.4. The molecule has 0 bridgehead atoms. The minimum absolute atomic E-state index is 0.0843. The summed E-state index contributed by atoms with van der Waals surface area (Å²) >= 11 is 0. The molecule has 11 rings (SSSR count). The van der Waals surface area contributed by atoms with Crippen molar-refractivity contribution in [3.05, 3.63) is 194 Å². The molecular formula is C52H32O. The van der Waals surface area contributed by atoms with Gasteiger partial charge in [0.05, 0.1) is 11.0 Å². The largest absolute Gasteiger partial charge is 0.456 e. The number of benzene rings is 10. The van der Waals surface area contributed by atoms with E-state index in [0.29, 0.717) is 44.9 Å². The molecule has 0 amide bonds. The van der Waals surface area contributed by atoms with E-state index in [4.69, 9.17) is 11.6 Å². The first-order valence-corrected chi connectivity index (χ1v) is 17.6. The van der Waals surface area contributed by atoms with Crippen LogP contribution >= 0.6 is 0 Å². The maximum absolute atomic E-state index is 10.2. The summed E-state index contributed by atoms with van der Waals surface area (Å²) in [5.74, 6) is 1.02. The molecule has 246 valence electrons. The maximum Gasteiger partial charge on any atom is 0.135 e. The van der Waals surface area contributed by atoms with Crippen molar-refractivity contribution < 1.29 is 15.7 Å². The SMILES string of the molecule is [2H]c1c([2H])c([2H])c(-c2ccc3c(c2)Oc2ccc(-c4c([2H])c(-c5ccccc5)c([2H])c(-c5c6ccccc6cc6c5ccc5ccccc56)c4[2H])c4cccc-3c24)c([2H])c1[2H]. The molecule has 0 unspecified atom stereocenters. The lowest BCUT2D eigenvalue weighted by atomic mass is 9.85. The zero-order valence-electron chi connectivity index (χ0n) is 36.3. The molecule has 0 saturated carbocycles. The molecule has 0 fully saturated rings. The van der Waals surface area contributed by atoms with Crippen LogP contribution in [0.4, 0.5) is 0 Å². The number of rotatable bonds is 4. The van der Waals surface area contributed by atoms with E-state index < -0.39 is 18.1 Å². The van der Waals surface area contributed by atoms with Gasteiger partial charge in [0.15, 0.2) is 0 Å². The van der Waals surface area contributed by atoms with Crippen LogP contribution in [-0.2, 0) is 0 Å². The van der Waals surface area contributed by atoms with Gasteiger partial charge < -0.3 is 4.74 Å². The summed E-state index contributed by atoms with van der Waals surface area (Å²) in [6.45, 7) is 0. The first kappa shape index (κ1) is 22.8. The summed E-state index contributed by atoms with van der Waals surface area (Å²) in [7, 11) is 0. The van der Waals surface area contributed by atoms with E-state index in [9.17, 15) is 4.11 Å². The molecular weight excluding hydrogens is 641 g/mol. The van der Waals surface area contributed by atoms with Gasteiger partial charge >= 0.3 is 0 Å². The molecule has 10 aromatic rings. The summed E-state index contributed by atoms with van der Waals surface area (Å²) in [6, 6.07) is 45.7. The van der Waals surface area contributed by atoms with Crippen LogP contribution in [0.25, 0.3) is 98.7 Å². The van der Waals surface area contributed by atoms with Crippen LogP contribution in [0.2, 0.25) is 0 Å². The Balaban J connectivity index is 1.19. The number of fused-ring (bicyclic) bond motifs is 6. The fraction of sp³-hybridized carbons (Fsp3) is 0. The van der Waals surface area contributed by atoms with E-state index in [1.54, 1.807) is 12.1 Å². The van der Waals surface area contributed by atoms with Gasteiger partial charge in [-0.25, -0.2) is 0 Å². The fourth-order valence-corrected chi connectivity index (χ4v) is 7.97. The standard InChI is InChI=1S/C52H32O/c1-3-12-33(13-4-1)36-23-24-44-46-21-11-20-45-42(26-27-49(52(45)46)53-50(44)32-36)39-28-38(34-14-5-2-6-15-34)29-40(30-39)51-43-19-10-8-17-37(43)31-48-41-18-9-7-16-35(41)22-25-47(48)51/h1-32H/i1D,3D,4D,12D,13D,28D,29D,30D. The third-order valence-electron chi connectivity index (χ3n) is 10.4. The Hall–Kier alpha value is -6.96. The van der Waals surface area contributed by atoms with Crippen LogP contribution in [0, 0.1) is 0 Å². The molecule has 1 aliphatic rings. The van der Waals surface area contributed by atoms with Crippen molar-refractivity contribution in [3.8, 4) is 67.1 Å². The van der Waals surface area contributed by atoms with Crippen molar-refractivity contribution >= 4 is 43.1 Å². The minimum Gasteiger partial charge on any atom is -0.456 e. The van der Waals surface area contributed by atoms with Crippen molar-refractivity contribution in [2.24, 2.45) is 0 Å². The second-order valence-electron chi connectivity index (χ2n) is 13.4. The third kappa shape index (κ3) is 4.79. The first-order valence-electron chi connectivity index (χ1n) is 21.6. The average Bonchev–Trinajstić information content (AvgIpc) is 3.28. The molecule has 0 aromatic heterocycles. The molecule has 0 spiro atoms. The maximum atomic E-state index is 10.2. The summed E-state index contributed by atoms with van der Waals surface area (Å²) < 4.78 is 78.3. The van der Waals surface area contributed by atoms with E-state index in [2.05, 4.69) is 42.5 Å². The molecule has 0 atom stereocenters. The lowest BCUT2D eigenvalue weighted by Gasteiger charge is -2.23. The van der Waals surface area contributed by atoms with Gasteiger partial charge in [-0.2, -0.15) is 0 Å². The van der Waals surface area contributed by atoms with Crippen LogP contribution in [0.1, 0.15) is 11.0 Å². The smallest absolute Gasteiger partial charge is 0.135 e. The first-order chi connectivity index (χ1) is 29.6. The number of ether oxygens (including phenoxy) is 1. The highest BCUT2D eigenvalue weighted by Gasteiger charge is 2.23. The Labute approximate surface area is 319 Å². The fourth-order valence-electron chi connectivity index (χ4n) is 7.97. The molecule has 1 aliphatic heterocycles. The van der Waals surface area contributed by atoms with E-state index >= 15 is 0 Å². The predicted octanol–water partition coefficient (Wildman–Crippen LogP) is 14.7. The molecule has 10 aromatic carbocycles. The van der Waals surface area contributed by atoms with E-state index in [0.717, 1.165) is 59.8 Å². The normalized spacial score (nSPS) is 14.0. The lowest BCUT2D eigenvalue weighted by Crippen LogP contribution is -1.98. The van der Waals surface area contributed by atoms with Crippen LogP contribution < -0.4 is 4.74 Å². The molecule has 0 saturated heterocycles. The van der Waals surface area contributed by atoms with Crippen LogP contribution in [-0.4, -0.2) is 0 Å². The van der Waals surface area contributed by atoms with Gasteiger partial charge in [-0.15, -0.1) is 0 Å². The highest BCUT2D eigenvalue weighted by Crippen LogP contribution is 2.50. The van der Waals surface area contributed by atoms with Crippen molar-refractivity contribution in [1.29, 1.82) is 0 Å². The number of hydrogen-bond acceptors (Lipinski definition) is 1. The van der Waals surface area contributed by atoms with E-state index in [1.807, 2.05) is 91.0 Å². The Morgan fingerprint density at radius 3 is 1.98 bits per heavy atom. The molecule has 0 radical (unpaired) electrons. The second-order valence-corrected chi connectivity index (χ2v) is 13.4. The quantitative estimate of drug-likeness (QED) is 0.133. The Kier molecular flexibility index (Phi) is 5.07. The average molecular weight is 681 g/mol. The van der Waals surface area contributed by atoms with Gasteiger partial charge in [0.2, 0.25) is 0 Å². The topological polar surface area (TPSA) is 9.23 Å². The van der Waals surface area contributed by atoms with Crippen molar-refractivity contribution in [3.63, 3.8) is 0 Å². The van der Waals surface area contributed by atoms with Gasteiger partial charge in [-0.1, -0.05) is 152 Å². The van der Waals surface area contributed by atoms with Gasteiger partial charge in [-0.3, -0.25) is 0 Å². The number of hydrogen-bond donors (Lipinski definition) is 0. The highest BCUT2D eigenvalue weighted by atomic mass is 16.5. The highest BCUT2D eigenvalue weighted by molar-refractivity contribution is 6.20. The summed E-state index contributed by atoms with van der Waals surface area (Å²) in [4.78, 5) is 0.